The van der Waals surface area contributed by atoms with Crippen LogP contribution in [0.3, 0.4) is 0 Å². The number of primary amides is 1. The Hall–Kier alpha value is -2.57. The largest absolute Gasteiger partial charge is 0.466 e. The van der Waals surface area contributed by atoms with Gasteiger partial charge in [-0.05, 0) is 19.9 Å². The summed E-state index contributed by atoms with van der Waals surface area (Å²) in [5.74, 6) is 0.987. The molecule has 7 heteroatoms. The zero-order valence-electron chi connectivity index (χ0n) is 11.3. The second-order valence-electron chi connectivity index (χ2n) is 4.46. The van der Waals surface area contributed by atoms with Gasteiger partial charge in [0.1, 0.15) is 11.5 Å². The van der Waals surface area contributed by atoms with Crippen LogP contribution in [-0.2, 0) is 11.3 Å². The van der Waals surface area contributed by atoms with E-state index in [1.54, 1.807) is 36.9 Å². The number of anilines is 1. The molecular weight excluding hydrogens is 260 g/mol. The summed E-state index contributed by atoms with van der Waals surface area (Å²) in [6, 6.07) is 3.33. The van der Waals surface area contributed by atoms with Gasteiger partial charge in [-0.25, -0.2) is 0 Å². The first-order valence-corrected chi connectivity index (χ1v) is 6.16. The molecule has 0 aliphatic rings. The molecule has 0 spiro atoms. The molecule has 0 atom stereocenters. The van der Waals surface area contributed by atoms with Crippen LogP contribution in [-0.4, -0.2) is 21.6 Å². The molecule has 0 unspecified atom stereocenters. The molecule has 0 aromatic carbocycles. The molecule has 20 heavy (non-hydrogen) atoms. The second-order valence-corrected chi connectivity index (χ2v) is 4.46. The maximum atomic E-state index is 12.0. The smallest absolute Gasteiger partial charge is 0.260 e. The van der Waals surface area contributed by atoms with Gasteiger partial charge in [-0.15, -0.1) is 0 Å². The molecule has 0 aliphatic carbocycles. The van der Waals surface area contributed by atoms with E-state index in [0.29, 0.717) is 29.4 Å². The Labute approximate surface area is 115 Å². The van der Waals surface area contributed by atoms with Crippen LogP contribution in [0.4, 0.5) is 5.82 Å². The standard InChI is InChI=1S/C13H16N4O3/c1-8-7-10(9(2)20-8)13(19)15-12-4-6-17(16-12)5-3-11(14)18/h4,6-7H,3,5H2,1-2H3,(H2,14,18)(H,15,16,19). The van der Waals surface area contributed by atoms with Crippen molar-refractivity contribution in [1.82, 2.24) is 9.78 Å². The molecule has 2 rings (SSSR count). The lowest BCUT2D eigenvalue weighted by atomic mass is 10.2. The van der Waals surface area contributed by atoms with Crippen molar-refractivity contribution < 1.29 is 14.0 Å². The summed E-state index contributed by atoms with van der Waals surface area (Å²) < 4.78 is 6.86. The van der Waals surface area contributed by atoms with Crippen LogP contribution >= 0.6 is 0 Å². The Morgan fingerprint density at radius 1 is 1.45 bits per heavy atom. The van der Waals surface area contributed by atoms with E-state index in [1.165, 1.54) is 0 Å². The van der Waals surface area contributed by atoms with Crippen LogP contribution in [0.5, 0.6) is 0 Å². The van der Waals surface area contributed by atoms with E-state index in [9.17, 15) is 9.59 Å². The molecule has 7 nitrogen and oxygen atoms in total. The molecule has 2 amide bonds. The predicted molar refractivity (Wildman–Crippen MR) is 72.2 cm³/mol. The van der Waals surface area contributed by atoms with Crippen molar-refractivity contribution in [3.05, 3.63) is 35.4 Å². The van der Waals surface area contributed by atoms with Crippen molar-refractivity contribution in [2.45, 2.75) is 26.8 Å². The number of hydrogen-bond acceptors (Lipinski definition) is 4. The van der Waals surface area contributed by atoms with E-state index in [1.807, 2.05) is 0 Å². The van der Waals surface area contributed by atoms with Crippen molar-refractivity contribution >= 4 is 17.6 Å². The molecule has 2 aromatic rings. The van der Waals surface area contributed by atoms with Gasteiger partial charge in [0.15, 0.2) is 5.82 Å². The molecule has 0 bridgehead atoms. The Bertz CT molecular complexity index is 642. The van der Waals surface area contributed by atoms with E-state index in [2.05, 4.69) is 10.4 Å². The number of nitrogens with one attached hydrogen (secondary N) is 1. The van der Waals surface area contributed by atoms with Gasteiger partial charge >= 0.3 is 0 Å². The highest BCUT2D eigenvalue weighted by Gasteiger charge is 2.14. The quantitative estimate of drug-likeness (QED) is 0.856. The molecule has 3 N–H and O–H groups in total. The van der Waals surface area contributed by atoms with E-state index in [0.717, 1.165) is 0 Å². The van der Waals surface area contributed by atoms with Crippen LogP contribution in [0.2, 0.25) is 0 Å². The average Bonchev–Trinajstić information content (AvgIpc) is 2.93. The normalized spacial score (nSPS) is 10.5. The lowest BCUT2D eigenvalue weighted by molar-refractivity contribution is -0.118. The minimum absolute atomic E-state index is 0.203. The first kappa shape index (κ1) is 13.9. The number of aryl methyl sites for hydroxylation is 3. The Morgan fingerprint density at radius 2 is 2.20 bits per heavy atom. The number of carbonyl (C=O) groups is 2. The van der Waals surface area contributed by atoms with Crippen molar-refractivity contribution in [3.8, 4) is 0 Å². The Morgan fingerprint density at radius 3 is 2.80 bits per heavy atom. The number of carbonyl (C=O) groups excluding carboxylic acids is 2. The molecule has 2 aromatic heterocycles. The Kier molecular flexibility index (Phi) is 3.88. The lowest BCUT2D eigenvalue weighted by Crippen LogP contribution is -2.15. The van der Waals surface area contributed by atoms with Gasteiger partial charge in [-0.2, -0.15) is 5.10 Å². The Balaban J connectivity index is 2.01. The van der Waals surface area contributed by atoms with Gasteiger partial charge in [0.25, 0.3) is 5.91 Å². The first-order valence-electron chi connectivity index (χ1n) is 6.16. The van der Waals surface area contributed by atoms with Crippen molar-refractivity contribution in [1.29, 1.82) is 0 Å². The number of nitrogens with two attached hydrogens (primary N) is 1. The van der Waals surface area contributed by atoms with Crippen molar-refractivity contribution in [2.24, 2.45) is 5.73 Å². The maximum absolute atomic E-state index is 12.0. The van der Waals surface area contributed by atoms with Crippen LogP contribution in [0.1, 0.15) is 28.3 Å². The van der Waals surface area contributed by atoms with Crippen LogP contribution in [0, 0.1) is 13.8 Å². The topological polar surface area (TPSA) is 103 Å². The van der Waals surface area contributed by atoms with E-state index in [-0.39, 0.29) is 12.3 Å². The van der Waals surface area contributed by atoms with Gasteiger partial charge in [0, 0.05) is 25.2 Å². The molecule has 0 fully saturated rings. The third-order valence-electron chi connectivity index (χ3n) is 2.76. The minimum atomic E-state index is -0.393. The second kappa shape index (κ2) is 5.60. The number of rotatable bonds is 5. The summed E-state index contributed by atoms with van der Waals surface area (Å²) in [6.07, 6.45) is 1.88. The molecule has 0 saturated carbocycles. The number of furan rings is 1. The van der Waals surface area contributed by atoms with E-state index < -0.39 is 5.91 Å². The SMILES string of the molecule is Cc1cc(C(=O)Nc2ccn(CCC(N)=O)n2)c(C)o1. The molecule has 2 heterocycles. The fourth-order valence-electron chi connectivity index (χ4n) is 1.82. The monoisotopic (exact) mass is 276 g/mol. The summed E-state index contributed by atoms with van der Waals surface area (Å²) in [4.78, 5) is 22.7. The lowest BCUT2D eigenvalue weighted by Gasteiger charge is -2.01. The van der Waals surface area contributed by atoms with Crippen molar-refractivity contribution in [3.63, 3.8) is 0 Å². The van der Waals surface area contributed by atoms with Crippen LogP contribution in [0.15, 0.2) is 22.7 Å². The number of nitrogens with zero attached hydrogens (tertiary/aromatic N) is 2. The van der Waals surface area contributed by atoms with E-state index in [4.69, 9.17) is 10.2 Å². The van der Waals surface area contributed by atoms with Gasteiger partial charge < -0.3 is 15.5 Å². The van der Waals surface area contributed by atoms with Crippen molar-refractivity contribution in [2.75, 3.05) is 5.32 Å². The number of amides is 2. The molecular formula is C13H16N4O3. The van der Waals surface area contributed by atoms with E-state index >= 15 is 0 Å². The fourth-order valence-corrected chi connectivity index (χ4v) is 1.82. The van der Waals surface area contributed by atoms with Crippen LogP contribution in [0.25, 0.3) is 0 Å². The highest BCUT2D eigenvalue weighted by atomic mass is 16.3. The average molecular weight is 276 g/mol. The number of aromatic nitrogens is 2. The molecule has 0 saturated heterocycles. The fraction of sp³-hybridized carbons (Fsp3) is 0.308. The summed E-state index contributed by atoms with van der Waals surface area (Å²) >= 11 is 0. The molecule has 0 aliphatic heterocycles. The summed E-state index contributed by atoms with van der Waals surface area (Å²) in [5, 5.41) is 6.80. The highest BCUT2D eigenvalue weighted by Crippen LogP contribution is 2.15. The third kappa shape index (κ3) is 3.25. The minimum Gasteiger partial charge on any atom is -0.466 e. The number of hydrogen-bond donors (Lipinski definition) is 2. The summed E-state index contributed by atoms with van der Waals surface area (Å²) in [7, 11) is 0. The van der Waals surface area contributed by atoms with Gasteiger partial charge in [-0.1, -0.05) is 0 Å². The first-order chi connectivity index (χ1) is 9.45. The zero-order valence-corrected chi connectivity index (χ0v) is 11.3. The predicted octanol–water partition coefficient (Wildman–Crippen LogP) is 1.22. The van der Waals surface area contributed by atoms with Gasteiger partial charge in [0.2, 0.25) is 5.91 Å². The zero-order chi connectivity index (χ0) is 14.7. The van der Waals surface area contributed by atoms with Crippen LogP contribution < -0.4 is 11.1 Å². The summed E-state index contributed by atoms with van der Waals surface area (Å²) in [5.41, 5.74) is 5.54. The summed E-state index contributed by atoms with van der Waals surface area (Å²) in [6.45, 7) is 3.89. The highest BCUT2D eigenvalue weighted by molar-refractivity contribution is 6.04. The van der Waals surface area contributed by atoms with Gasteiger partial charge in [0.05, 0.1) is 5.56 Å². The molecule has 106 valence electrons. The maximum Gasteiger partial charge on any atom is 0.260 e. The third-order valence-corrected chi connectivity index (χ3v) is 2.76. The van der Waals surface area contributed by atoms with Gasteiger partial charge in [-0.3, -0.25) is 14.3 Å². The molecule has 0 radical (unpaired) electrons.